The number of nitrogens with zero attached hydrogens (tertiary/aromatic N) is 4. The van der Waals surface area contributed by atoms with E-state index < -0.39 is 97.0 Å². The molecule has 0 saturated heterocycles. The summed E-state index contributed by atoms with van der Waals surface area (Å²) in [4.78, 5) is 78.8. The maximum atomic E-state index is 13.7. The molecule has 0 fully saturated rings. The molecule has 0 saturated carbocycles. The summed E-state index contributed by atoms with van der Waals surface area (Å²) in [5, 5.41) is 20.9. The summed E-state index contributed by atoms with van der Waals surface area (Å²) in [5.41, 5.74) is 0.936. The highest BCUT2D eigenvalue weighted by atomic mass is 16.6. The van der Waals surface area contributed by atoms with Gasteiger partial charge in [0, 0.05) is 72.8 Å². The van der Waals surface area contributed by atoms with Gasteiger partial charge in [-0.05, 0) is 43.8 Å². The number of methoxy groups -OCH3 is 4. The van der Waals surface area contributed by atoms with Gasteiger partial charge in [0.2, 0.25) is 24.1 Å². The molecule has 72 heavy (non-hydrogen) atoms. The number of oxazole rings is 3. The SMILES string of the molecule is CO[C@H]1CC=Cc2nc(co2)-c2nc(co2)-c2nc(co2)[C@@H](OC)[C@@H](C)C(=O)C=CC[C@H](O)CC(=O)O[C@@H](C[C@H](OC)[C@@H](C)CC[C@@H](OC(=O)[C@@H](CO)OC)[C@H](C)[C@H](OC(C)=O)[C@H](C)C=CN(C)C=O)[C@@H]1C. The second kappa shape index (κ2) is 29.0. The molecule has 1 aliphatic rings. The second-order valence-electron chi connectivity index (χ2n) is 18.2. The number of carbonyl (C=O) groups is 5. The number of carbonyl (C=O) groups excluding carboxylic acids is 5. The lowest BCUT2D eigenvalue weighted by Crippen LogP contribution is -2.42. The molecule has 1 aliphatic heterocycles. The van der Waals surface area contributed by atoms with Crippen molar-refractivity contribution in [3.05, 3.63) is 60.9 Å². The molecule has 2 N–H and O–H groups in total. The number of aliphatic hydroxyl groups is 2. The Kier molecular flexibility index (Phi) is 23.7. The van der Waals surface area contributed by atoms with E-state index in [9.17, 15) is 34.2 Å². The topological polar surface area (TPSA) is 272 Å². The van der Waals surface area contributed by atoms with Crippen molar-refractivity contribution < 1.29 is 80.6 Å². The summed E-state index contributed by atoms with van der Waals surface area (Å²) in [7, 11) is 7.36. The van der Waals surface area contributed by atoms with Crippen LogP contribution in [0.4, 0.5) is 0 Å². The van der Waals surface area contributed by atoms with Crippen LogP contribution in [0.3, 0.4) is 0 Å². The molecule has 13 atom stereocenters. The summed E-state index contributed by atoms with van der Waals surface area (Å²) in [6.45, 7) is 9.74. The highest BCUT2D eigenvalue weighted by molar-refractivity contribution is 5.92. The zero-order chi connectivity index (χ0) is 53.1. The number of esters is 3. The molecule has 4 heterocycles. The van der Waals surface area contributed by atoms with E-state index in [4.69, 9.17) is 46.4 Å². The molecule has 0 aromatic carbocycles. The number of ketones is 1. The van der Waals surface area contributed by atoms with Gasteiger partial charge in [0.05, 0.1) is 37.3 Å². The highest BCUT2D eigenvalue weighted by Gasteiger charge is 2.38. The summed E-state index contributed by atoms with van der Waals surface area (Å²) in [6.07, 6.45) is 8.27. The van der Waals surface area contributed by atoms with E-state index in [1.165, 1.54) is 64.1 Å². The summed E-state index contributed by atoms with van der Waals surface area (Å²) in [6, 6.07) is 0. The molecule has 6 bridgehead atoms. The van der Waals surface area contributed by atoms with Gasteiger partial charge in [0.25, 0.3) is 0 Å². The normalized spacial score (nSPS) is 23.4. The highest BCUT2D eigenvalue weighted by Crippen LogP contribution is 2.33. The number of aliphatic hydroxyl groups excluding tert-OH is 2. The lowest BCUT2D eigenvalue weighted by atomic mass is 9.83. The molecule has 0 aliphatic carbocycles. The Balaban J connectivity index is 1.62. The summed E-state index contributed by atoms with van der Waals surface area (Å²) >= 11 is 0. The smallest absolute Gasteiger partial charge is 0.337 e. The van der Waals surface area contributed by atoms with Gasteiger partial charge in [-0.2, -0.15) is 0 Å². The van der Waals surface area contributed by atoms with E-state index in [0.717, 1.165) is 0 Å². The van der Waals surface area contributed by atoms with E-state index in [1.807, 2.05) is 26.8 Å². The Morgan fingerprint density at radius 2 is 1.56 bits per heavy atom. The summed E-state index contributed by atoms with van der Waals surface area (Å²) < 4.78 is 57.9. The van der Waals surface area contributed by atoms with E-state index >= 15 is 0 Å². The molecule has 1 amide bonds. The Morgan fingerprint density at radius 1 is 0.875 bits per heavy atom. The largest absolute Gasteiger partial charge is 0.462 e. The molecular formula is C51H72N4O17. The van der Waals surface area contributed by atoms with E-state index in [0.29, 0.717) is 30.6 Å². The van der Waals surface area contributed by atoms with Gasteiger partial charge in [-0.25, -0.2) is 19.7 Å². The number of hydrogen-bond donors (Lipinski definition) is 2. The molecule has 398 valence electrons. The molecule has 4 rings (SSSR count). The van der Waals surface area contributed by atoms with Crippen molar-refractivity contribution >= 4 is 36.2 Å². The number of aromatic nitrogens is 3. The van der Waals surface area contributed by atoms with Crippen LogP contribution in [0.5, 0.6) is 0 Å². The number of rotatable bonds is 20. The number of hydrogen-bond acceptors (Lipinski definition) is 20. The molecule has 0 radical (unpaired) electrons. The Hall–Kier alpha value is -5.84. The van der Waals surface area contributed by atoms with Crippen molar-refractivity contribution in [2.24, 2.45) is 29.6 Å². The second-order valence-corrected chi connectivity index (χ2v) is 18.2. The Morgan fingerprint density at radius 3 is 2.21 bits per heavy atom. The van der Waals surface area contributed by atoms with Crippen molar-refractivity contribution in [3.8, 4) is 23.2 Å². The first-order valence-electron chi connectivity index (χ1n) is 23.9. The third-order valence-electron chi connectivity index (χ3n) is 12.9. The van der Waals surface area contributed by atoms with Crippen LogP contribution in [-0.2, 0) is 57.1 Å². The third-order valence-corrected chi connectivity index (χ3v) is 12.9. The molecule has 21 nitrogen and oxygen atoms in total. The fraction of sp³-hybridized carbons (Fsp3) is 0.608. The number of ether oxygens (including phenoxy) is 7. The molecular weight excluding hydrogens is 941 g/mol. The van der Waals surface area contributed by atoms with Crippen LogP contribution in [0.2, 0.25) is 0 Å². The van der Waals surface area contributed by atoms with Gasteiger partial charge in [-0.1, -0.05) is 52.8 Å². The number of amides is 1. The van der Waals surface area contributed by atoms with E-state index in [1.54, 1.807) is 46.4 Å². The van der Waals surface area contributed by atoms with Gasteiger partial charge in [-0.3, -0.25) is 19.2 Å². The minimum atomic E-state index is -1.26. The van der Waals surface area contributed by atoms with Crippen molar-refractivity contribution in [1.29, 1.82) is 0 Å². The molecule has 0 unspecified atom stereocenters. The molecule has 21 heteroatoms. The first kappa shape index (κ1) is 58.7. The fourth-order valence-corrected chi connectivity index (χ4v) is 8.46. The van der Waals surface area contributed by atoms with Crippen LogP contribution in [0.15, 0.2) is 62.5 Å². The van der Waals surface area contributed by atoms with Crippen molar-refractivity contribution in [2.75, 3.05) is 42.1 Å². The van der Waals surface area contributed by atoms with Crippen molar-refractivity contribution in [2.45, 2.75) is 129 Å². The lowest BCUT2D eigenvalue weighted by molar-refractivity contribution is -0.172. The number of cyclic esters (lactones) is 1. The molecule has 0 spiro atoms. The van der Waals surface area contributed by atoms with Crippen LogP contribution in [-0.4, -0.2) is 145 Å². The predicted molar refractivity (Wildman–Crippen MR) is 258 cm³/mol. The Bertz CT molecular complexity index is 2260. The van der Waals surface area contributed by atoms with Gasteiger partial charge < -0.3 is 61.5 Å². The number of fused-ring (bicyclic) bond motifs is 8. The average Bonchev–Trinajstić information content (AvgIpc) is 4.16. The minimum Gasteiger partial charge on any atom is -0.462 e. The number of allylic oxidation sites excluding steroid dienone is 1. The maximum Gasteiger partial charge on any atom is 0.337 e. The van der Waals surface area contributed by atoms with Crippen LogP contribution in [0.25, 0.3) is 29.2 Å². The van der Waals surface area contributed by atoms with Crippen molar-refractivity contribution in [1.82, 2.24) is 19.9 Å². The van der Waals surface area contributed by atoms with Gasteiger partial charge in [0.1, 0.15) is 48.9 Å². The van der Waals surface area contributed by atoms with Crippen molar-refractivity contribution in [3.63, 3.8) is 0 Å². The molecule has 3 aromatic heterocycles. The lowest BCUT2D eigenvalue weighted by Gasteiger charge is -2.35. The fourth-order valence-electron chi connectivity index (χ4n) is 8.46. The summed E-state index contributed by atoms with van der Waals surface area (Å²) in [5.74, 6) is -4.29. The quantitative estimate of drug-likeness (QED) is 0.0735. The Labute approximate surface area is 420 Å². The zero-order valence-electron chi connectivity index (χ0n) is 43.0. The van der Waals surface area contributed by atoms with Crippen LogP contribution in [0, 0.1) is 29.6 Å². The molecule has 3 aromatic rings. The first-order valence-corrected chi connectivity index (χ1v) is 23.9. The van der Waals surface area contributed by atoms with Gasteiger partial charge in [0.15, 0.2) is 23.3 Å². The minimum absolute atomic E-state index is 0.0313. The average molecular weight is 1010 g/mol. The first-order chi connectivity index (χ1) is 34.4. The van der Waals surface area contributed by atoms with Crippen LogP contribution >= 0.6 is 0 Å². The monoisotopic (exact) mass is 1010 g/mol. The standard InChI is InChI=1S/C51H72N4O17/c1-29(18-19-41(72-51(62)44(24-56)65-10)33(5)47(70-34(6)58)30(2)20-21-55(7)28-57)42(64-9)23-43-32(4)40(63-8)16-13-17-45-52-37(26-67-45)49-54-38(27-69-49)50-53-36(25-68-50)48(66-11)31(3)39(60)15-12-14-35(59)22-46(61)71-43/h12-13,15,17,20-21,25-33,35,40-44,47-48,56,59H,14,16,18-19,22-24H2,1-11H3/t29-,30+,31-,32+,33-,35-,40-,41+,42-,43-,44+,47+,48-/m0/s1. The third kappa shape index (κ3) is 16.9. The van der Waals surface area contributed by atoms with Crippen LogP contribution < -0.4 is 0 Å². The zero-order valence-corrected chi connectivity index (χ0v) is 43.0. The van der Waals surface area contributed by atoms with Gasteiger partial charge in [-0.15, -0.1) is 0 Å². The van der Waals surface area contributed by atoms with Crippen LogP contribution in [0.1, 0.15) is 97.8 Å². The van der Waals surface area contributed by atoms with E-state index in [-0.39, 0.29) is 60.8 Å². The van der Waals surface area contributed by atoms with Gasteiger partial charge >= 0.3 is 17.9 Å². The maximum absolute atomic E-state index is 13.7. The van der Waals surface area contributed by atoms with E-state index in [2.05, 4.69) is 15.0 Å². The predicted octanol–water partition coefficient (Wildman–Crippen LogP) is 6.10.